The van der Waals surface area contributed by atoms with Gasteiger partial charge in [-0.1, -0.05) is 93.2 Å². The largest absolute Gasteiger partial charge is 0.300 e. The number of hydrogen-bond acceptors (Lipinski definition) is 4. The maximum Gasteiger partial charge on any atom is 0.136 e. The number of Topliss-reactive ketones (excluding diaryl/α,β-unsaturated/α-hetero) is 2. The zero-order valence-corrected chi connectivity index (χ0v) is 22.8. The molecule has 0 heterocycles. The highest BCUT2D eigenvalue weighted by atomic mass is 16.3. The quantitative estimate of drug-likeness (QED) is 0.0845. The number of nitrogens with zero attached hydrogens (tertiary/aromatic N) is 1. The van der Waals surface area contributed by atoms with Crippen LogP contribution in [0.2, 0.25) is 0 Å². The molecule has 0 radical (unpaired) electrons. The van der Waals surface area contributed by atoms with E-state index in [-0.39, 0.29) is 18.0 Å². The molecule has 0 bridgehead atoms. The number of carbonyl (C=O) groups is 2. The third-order valence-electron chi connectivity index (χ3n) is 7.23. The zero-order valence-electron chi connectivity index (χ0n) is 22.8. The predicted molar refractivity (Wildman–Crippen MR) is 148 cm³/mol. The van der Waals surface area contributed by atoms with Crippen LogP contribution in [0.4, 0.5) is 0 Å². The molecule has 0 aromatic heterocycles. The Balaban J connectivity index is 2.28. The molecule has 0 aromatic carbocycles. The van der Waals surface area contributed by atoms with Gasteiger partial charge in [0.2, 0.25) is 0 Å². The Morgan fingerprint density at radius 1 is 1.00 bits per heavy atom. The molecule has 0 aliphatic heterocycles. The molecule has 1 fully saturated rings. The molecule has 196 valence electrons. The number of ketones is 2. The Morgan fingerprint density at radius 2 is 1.74 bits per heavy atom. The highest BCUT2D eigenvalue weighted by Gasteiger charge is 2.18. The lowest BCUT2D eigenvalue weighted by molar-refractivity contribution is -0.119. The first-order valence-corrected chi connectivity index (χ1v) is 13.9. The predicted octanol–water partition coefficient (Wildman–Crippen LogP) is 9.01. The summed E-state index contributed by atoms with van der Waals surface area (Å²) < 4.78 is 0. The minimum absolute atomic E-state index is 0.0515. The van der Waals surface area contributed by atoms with Gasteiger partial charge in [-0.15, -0.1) is 0 Å². The molecule has 1 aliphatic rings. The van der Waals surface area contributed by atoms with E-state index in [0.717, 1.165) is 37.2 Å². The Hall–Kier alpha value is -2.10. The van der Waals surface area contributed by atoms with Gasteiger partial charge < -0.3 is 0 Å². The molecule has 2 atom stereocenters. The molecule has 0 N–H and O–H groups in total. The number of hydrogen-bond donors (Lipinski definition) is 0. The summed E-state index contributed by atoms with van der Waals surface area (Å²) >= 11 is 0. The van der Waals surface area contributed by atoms with Crippen LogP contribution < -0.4 is 0 Å². The smallest absolute Gasteiger partial charge is 0.136 e. The van der Waals surface area contributed by atoms with Crippen LogP contribution in [0.1, 0.15) is 118 Å². The molecule has 0 amide bonds. The Kier molecular flexibility index (Phi) is 16.9. The highest BCUT2D eigenvalue weighted by Crippen LogP contribution is 2.30. The van der Waals surface area contributed by atoms with Gasteiger partial charge in [0.25, 0.3) is 0 Å². The zero-order chi connectivity index (χ0) is 25.9. The van der Waals surface area contributed by atoms with Crippen molar-refractivity contribution in [2.75, 3.05) is 0 Å². The van der Waals surface area contributed by atoms with Crippen molar-refractivity contribution in [3.05, 3.63) is 52.5 Å². The lowest BCUT2D eigenvalue weighted by Crippen LogP contribution is -2.13. The summed E-state index contributed by atoms with van der Waals surface area (Å²) in [5.41, 5.74) is 2.07. The van der Waals surface area contributed by atoms with Crippen molar-refractivity contribution >= 4 is 11.6 Å². The van der Waals surface area contributed by atoms with Crippen molar-refractivity contribution in [1.29, 1.82) is 0 Å². The molecule has 1 aliphatic carbocycles. The van der Waals surface area contributed by atoms with Gasteiger partial charge >= 0.3 is 0 Å². The maximum absolute atomic E-state index is 12.4. The second-order valence-electron chi connectivity index (χ2n) is 10.5. The van der Waals surface area contributed by atoms with Crippen LogP contribution in [0.25, 0.3) is 0 Å². The van der Waals surface area contributed by atoms with Gasteiger partial charge in [-0.2, -0.15) is 4.91 Å². The number of unbranched alkanes of at least 4 members (excludes halogenated alkanes) is 1. The van der Waals surface area contributed by atoms with Crippen LogP contribution in [0, 0.1) is 16.7 Å². The fourth-order valence-corrected chi connectivity index (χ4v) is 4.62. The van der Waals surface area contributed by atoms with E-state index in [0.29, 0.717) is 25.2 Å². The topological polar surface area (TPSA) is 63.6 Å². The molecular weight excluding hydrogens is 434 g/mol. The van der Waals surface area contributed by atoms with E-state index in [4.69, 9.17) is 0 Å². The van der Waals surface area contributed by atoms with Crippen LogP contribution in [0.3, 0.4) is 0 Å². The van der Waals surface area contributed by atoms with Crippen molar-refractivity contribution in [2.45, 2.75) is 124 Å². The minimum atomic E-state index is -0.660. The highest BCUT2D eigenvalue weighted by molar-refractivity contribution is 5.80. The van der Waals surface area contributed by atoms with Crippen LogP contribution >= 0.6 is 0 Å². The average molecular weight is 484 g/mol. The lowest BCUT2D eigenvalue weighted by atomic mass is 9.82. The first-order chi connectivity index (χ1) is 16.8. The van der Waals surface area contributed by atoms with Gasteiger partial charge in [-0.3, -0.25) is 9.59 Å². The summed E-state index contributed by atoms with van der Waals surface area (Å²) in [5, 5.41) is 3.17. The van der Waals surface area contributed by atoms with Crippen LogP contribution in [0.5, 0.6) is 0 Å². The van der Waals surface area contributed by atoms with Crippen molar-refractivity contribution in [3.8, 4) is 0 Å². The van der Waals surface area contributed by atoms with Crippen molar-refractivity contribution < 1.29 is 9.59 Å². The van der Waals surface area contributed by atoms with E-state index < -0.39 is 6.04 Å². The SMILES string of the molecule is CC/C(C)=C/C=C/C=C/CCCC(=O)CC(N=O)/C(C)=C/CC(=O)CCC(C)CC1CCCCC1. The van der Waals surface area contributed by atoms with Gasteiger partial charge in [-0.05, 0) is 63.4 Å². The molecule has 0 spiro atoms. The number of rotatable bonds is 18. The van der Waals surface area contributed by atoms with E-state index in [1.807, 2.05) is 25.2 Å². The third kappa shape index (κ3) is 15.5. The Morgan fingerprint density at radius 3 is 2.43 bits per heavy atom. The molecule has 1 rings (SSSR count). The molecule has 4 heteroatoms. The Bertz CT molecular complexity index is 753. The maximum atomic E-state index is 12.4. The second-order valence-corrected chi connectivity index (χ2v) is 10.5. The second kappa shape index (κ2) is 19.1. The van der Waals surface area contributed by atoms with Crippen LogP contribution in [0.15, 0.2) is 52.8 Å². The van der Waals surface area contributed by atoms with Gasteiger partial charge in [0.15, 0.2) is 0 Å². The normalized spacial score (nSPS) is 17.7. The van der Waals surface area contributed by atoms with E-state index in [1.54, 1.807) is 6.08 Å². The van der Waals surface area contributed by atoms with Gasteiger partial charge in [0, 0.05) is 25.7 Å². The first kappa shape index (κ1) is 30.9. The standard InChI is InChI=1S/C31H49NO3/c1-5-25(2)15-11-8-6-7-9-14-18-30(34)24-31(32-35)27(4)20-22-29(33)21-19-26(3)23-28-16-12-10-13-17-28/h6-8,11,15,20,26,28,31H,5,9-10,12-14,16-19,21-24H2,1-4H3/b7-6+,11-8+,25-15+,27-20+. The number of carbonyl (C=O) groups excluding carboxylic acids is 2. The monoisotopic (exact) mass is 483 g/mol. The van der Waals surface area contributed by atoms with Crippen LogP contribution in [-0.4, -0.2) is 17.6 Å². The average Bonchev–Trinajstić information content (AvgIpc) is 2.86. The summed E-state index contributed by atoms with van der Waals surface area (Å²) in [6, 6.07) is -0.660. The number of allylic oxidation sites excluding steroid dienone is 7. The molecule has 0 aromatic rings. The number of nitroso groups, excluding NO2 is 1. The molecule has 35 heavy (non-hydrogen) atoms. The fraction of sp³-hybridized carbons (Fsp3) is 0.677. The summed E-state index contributed by atoms with van der Waals surface area (Å²) in [5.74, 6) is 1.69. The third-order valence-corrected chi connectivity index (χ3v) is 7.23. The molecular formula is C31H49NO3. The summed E-state index contributed by atoms with van der Waals surface area (Å²) in [4.78, 5) is 36.0. The van der Waals surface area contributed by atoms with E-state index >= 15 is 0 Å². The van der Waals surface area contributed by atoms with E-state index in [2.05, 4.69) is 38.1 Å². The van der Waals surface area contributed by atoms with Crippen molar-refractivity contribution in [2.24, 2.45) is 17.0 Å². The first-order valence-electron chi connectivity index (χ1n) is 13.9. The Labute approximate surface area is 214 Å². The van der Waals surface area contributed by atoms with Crippen molar-refractivity contribution in [1.82, 2.24) is 0 Å². The fourth-order valence-electron chi connectivity index (χ4n) is 4.62. The van der Waals surface area contributed by atoms with Crippen molar-refractivity contribution in [3.63, 3.8) is 0 Å². The minimum Gasteiger partial charge on any atom is -0.300 e. The molecule has 4 nitrogen and oxygen atoms in total. The molecule has 1 saturated carbocycles. The lowest BCUT2D eigenvalue weighted by Gasteiger charge is -2.24. The van der Waals surface area contributed by atoms with E-state index in [9.17, 15) is 14.5 Å². The summed E-state index contributed by atoms with van der Waals surface area (Å²) in [7, 11) is 0. The summed E-state index contributed by atoms with van der Waals surface area (Å²) in [6.45, 7) is 8.31. The van der Waals surface area contributed by atoms with Gasteiger partial charge in [0.05, 0.1) is 0 Å². The van der Waals surface area contributed by atoms with Crippen LogP contribution in [-0.2, 0) is 9.59 Å². The molecule has 0 saturated heterocycles. The van der Waals surface area contributed by atoms with Gasteiger partial charge in [0.1, 0.15) is 17.6 Å². The van der Waals surface area contributed by atoms with Gasteiger partial charge in [-0.25, -0.2) is 0 Å². The summed E-state index contributed by atoms with van der Waals surface area (Å²) in [6.07, 6.45) is 25.1. The van der Waals surface area contributed by atoms with E-state index in [1.165, 1.54) is 44.1 Å². The molecule has 2 unspecified atom stereocenters.